The Bertz CT molecular complexity index is 347. The summed E-state index contributed by atoms with van der Waals surface area (Å²) in [5.74, 6) is 1.12. The highest BCUT2D eigenvalue weighted by Gasteiger charge is 1.98. The first-order valence-electron chi connectivity index (χ1n) is 6.06. The number of nitrogens with one attached hydrogen (secondary N) is 1. The lowest BCUT2D eigenvalue weighted by molar-refractivity contribution is 0.0691. The fraction of sp³-hybridized carbons (Fsp3) is 0.583. The van der Waals surface area contributed by atoms with Gasteiger partial charge in [-0.1, -0.05) is 0 Å². The van der Waals surface area contributed by atoms with Crippen LogP contribution in [0.3, 0.4) is 0 Å². The summed E-state index contributed by atoms with van der Waals surface area (Å²) in [6.45, 7) is 2.89. The average Bonchev–Trinajstić information content (AvgIpc) is 2.37. The molecule has 6 heteroatoms. The van der Waals surface area contributed by atoms with Crippen molar-refractivity contribution in [2.75, 3.05) is 50.3 Å². The predicted molar refractivity (Wildman–Crippen MR) is 73.5 cm³/mol. The quantitative estimate of drug-likeness (QED) is 0.571. The van der Waals surface area contributed by atoms with Crippen molar-refractivity contribution in [2.45, 2.75) is 12.8 Å². The van der Waals surface area contributed by atoms with Crippen LogP contribution < -0.4 is 16.8 Å². The van der Waals surface area contributed by atoms with Crippen LogP contribution in [0.2, 0.25) is 0 Å². The Morgan fingerprint density at radius 3 is 2.72 bits per heavy atom. The van der Waals surface area contributed by atoms with Gasteiger partial charge in [0.2, 0.25) is 0 Å². The summed E-state index contributed by atoms with van der Waals surface area (Å²) in [7, 11) is 1.67. The van der Waals surface area contributed by atoms with Crippen LogP contribution in [0.25, 0.3) is 0 Å². The molecule has 0 unspecified atom stereocenters. The normalized spacial score (nSPS) is 10.5. The van der Waals surface area contributed by atoms with Gasteiger partial charge in [-0.05, 0) is 25.0 Å². The molecule has 0 saturated heterocycles. The molecule has 1 aromatic heterocycles. The molecule has 18 heavy (non-hydrogen) atoms. The first-order chi connectivity index (χ1) is 8.74. The lowest BCUT2D eigenvalue weighted by atomic mass is 10.3. The molecule has 1 rings (SSSR count). The number of anilines is 3. The van der Waals surface area contributed by atoms with Gasteiger partial charge in [0.25, 0.3) is 0 Å². The number of hydrogen-bond acceptors (Lipinski definition) is 6. The molecule has 0 fully saturated rings. The van der Waals surface area contributed by atoms with Crippen LogP contribution >= 0.6 is 0 Å². The van der Waals surface area contributed by atoms with Crippen molar-refractivity contribution >= 4 is 17.3 Å². The predicted octanol–water partition coefficient (Wildman–Crippen LogP) is 1.10. The summed E-state index contributed by atoms with van der Waals surface area (Å²) in [6.07, 6.45) is 2.01. The number of nitrogen functional groups attached to an aromatic ring is 2. The lowest BCUT2D eigenvalue weighted by Crippen LogP contribution is -2.08. The van der Waals surface area contributed by atoms with Crippen LogP contribution in [0.1, 0.15) is 12.8 Å². The minimum absolute atomic E-state index is 0.364. The Hall–Kier alpha value is -1.53. The minimum atomic E-state index is 0.364. The number of aromatic nitrogens is 1. The number of rotatable bonds is 9. The number of nitrogens with zero attached hydrogens (tertiary/aromatic N) is 1. The van der Waals surface area contributed by atoms with E-state index >= 15 is 0 Å². The summed E-state index contributed by atoms with van der Waals surface area (Å²) in [5.41, 5.74) is 11.7. The van der Waals surface area contributed by atoms with Crippen molar-refractivity contribution in [1.82, 2.24) is 4.98 Å². The number of ether oxygens (including phenoxy) is 2. The van der Waals surface area contributed by atoms with Gasteiger partial charge in [-0.25, -0.2) is 4.98 Å². The van der Waals surface area contributed by atoms with Gasteiger partial charge < -0.3 is 26.3 Å². The third-order valence-corrected chi connectivity index (χ3v) is 2.41. The largest absolute Gasteiger partial charge is 0.396 e. The smallest absolute Gasteiger partial charge is 0.149 e. The molecular weight excluding hydrogens is 232 g/mol. The molecule has 0 spiro atoms. The van der Waals surface area contributed by atoms with Crippen LogP contribution in [-0.4, -0.2) is 38.5 Å². The molecule has 102 valence electrons. The van der Waals surface area contributed by atoms with Gasteiger partial charge in [0.1, 0.15) is 11.6 Å². The van der Waals surface area contributed by atoms with E-state index in [4.69, 9.17) is 20.9 Å². The third kappa shape index (κ3) is 5.70. The Morgan fingerprint density at radius 1 is 1.17 bits per heavy atom. The molecule has 0 atom stereocenters. The second-order valence-electron chi connectivity index (χ2n) is 3.91. The van der Waals surface area contributed by atoms with E-state index in [1.54, 1.807) is 13.2 Å². The average molecular weight is 254 g/mol. The zero-order valence-corrected chi connectivity index (χ0v) is 10.8. The molecule has 1 heterocycles. The molecule has 0 aliphatic rings. The molecule has 0 amide bonds. The van der Waals surface area contributed by atoms with Crippen molar-refractivity contribution in [3.05, 3.63) is 12.1 Å². The van der Waals surface area contributed by atoms with E-state index < -0.39 is 0 Å². The molecule has 0 aromatic carbocycles. The number of methoxy groups -OCH3 is 1. The Morgan fingerprint density at radius 2 is 2.00 bits per heavy atom. The highest BCUT2D eigenvalue weighted by atomic mass is 16.5. The van der Waals surface area contributed by atoms with Crippen LogP contribution in [0.15, 0.2) is 12.1 Å². The molecule has 0 saturated carbocycles. The molecule has 0 bridgehead atoms. The number of hydrogen-bond donors (Lipinski definition) is 3. The molecule has 5 N–H and O–H groups in total. The fourth-order valence-corrected chi connectivity index (χ4v) is 1.37. The highest BCUT2D eigenvalue weighted by molar-refractivity contribution is 5.61. The standard InChI is InChI=1S/C12H22N4O2/c1-17-8-9-18-7-3-2-6-15-11-5-4-10(13)12(14)16-11/h4-5H,2-3,6-9,13H2,1H3,(H3,14,15,16). The van der Waals surface area contributed by atoms with E-state index in [9.17, 15) is 0 Å². The maximum atomic E-state index is 5.61. The van der Waals surface area contributed by atoms with Gasteiger partial charge in [-0.3, -0.25) is 0 Å². The summed E-state index contributed by atoms with van der Waals surface area (Å²) in [5, 5.41) is 3.19. The second kappa shape index (κ2) is 8.54. The van der Waals surface area contributed by atoms with Gasteiger partial charge in [-0.2, -0.15) is 0 Å². The maximum Gasteiger partial charge on any atom is 0.149 e. The number of pyridine rings is 1. The van der Waals surface area contributed by atoms with Gasteiger partial charge >= 0.3 is 0 Å². The first-order valence-corrected chi connectivity index (χ1v) is 6.06. The number of nitrogens with two attached hydrogens (primary N) is 2. The van der Waals surface area contributed by atoms with Crippen molar-refractivity contribution in [3.63, 3.8) is 0 Å². The highest BCUT2D eigenvalue weighted by Crippen LogP contribution is 2.14. The van der Waals surface area contributed by atoms with Crippen LogP contribution in [-0.2, 0) is 9.47 Å². The molecule has 0 aliphatic heterocycles. The van der Waals surface area contributed by atoms with E-state index in [1.165, 1.54) is 0 Å². The van der Waals surface area contributed by atoms with Gasteiger partial charge in [0, 0.05) is 20.3 Å². The lowest BCUT2D eigenvalue weighted by Gasteiger charge is -2.07. The van der Waals surface area contributed by atoms with Crippen molar-refractivity contribution in [3.8, 4) is 0 Å². The Kier molecular flexibility index (Phi) is 6.90. The molecular formula is C12H22N4O2. The minimum Gasteiger partial charge on any atom is -0.396 e. The van der Waals surface area contributed by atoms with Gasteiger partial charge in [0.15, 0.2) is 0 Å². The summed E-state index contributed by atoms with van der Waals surface area (Å²) in [6, 6.07) is 3.57. The summed E-state index contributed by atoms with van der Waals surface area (Å²) < 4.78 is 10.2. The Labute approximate surface area is 108 Å². The molecule has 0 radical (unpaired) electrons. The molecule has 6 nitrogen and oxygen atoms in total. The molecule has 1 aromatic rings. The van der Waals surface area contributed by atoms with E-state index in [0.29, 0.717) is 24.7 Å². The zero-order chi connectivity index (χ0) is 13.2. The summed E-state index contributed by atoms with van der Waals surface area (Å²) in [4.78, 5) is 4.12. The fourth-order valence-electron chi connectivity index (χ4n) is 1.37. The SMILES string of the molecule is COCCOCCCCNc1ccc(N)c(N)n1. The number of unbranched alkanes of at least 4 members (excludes halogenated alkanes) is 1. The van der Waals surface area contributed by atoms with E-state index in [1.807, 2.05) is 6.07 Å². The second-order valence-corrected chi connectivity index (χ2v) is 3.91. The topological polar surface area (TPSA) is 95.4 Å². The van der Waals surface area contributed by atoms with E-state index in [-0.39, 0.29) is 0 Å². The molecule has 0 aliphatic carbocycles. The van der Waals surface area contributed by atoms with Crippen molar-refractivity contribution in [1.29, 1.82) is 0 Å². The third-order valence-electron chi connectivity index (χ3n) is 2.41. The van der Waals surface area contributed by atoms with Crippen molar-refractivity contribution in [2.24, 2.45) is 0 Å². The summed E-state index contributed by atoms with van der Waals surface area (Å²) >= 11 is 0. The van der Waals surface area contributed by atoms with E-state index in [2.05, 4.69) is 10.3 Å². The maximum absolute atomic E-state index is 5.61. The van der Waals surface area contributed by atoms with Crippen LogP contribution in [0, 0.1) is 0 Å². The Balaban J connectivity index is 2.05. The first kappa shape index (κ1) is 14.5. The van der Waals surface area contributed by atoms with Gasteiger partial charge in [-0.15, -0.1) is 0 Å². The van der Waals surface area contributed by atoms with E-state index in [0.717, 1.165) is 31.8 Å². The van der Waals surface area contributed by atoms with Gasteiger partial charge in [0.05, 0.1) is 18.9 Å². The van der Waals surface area contributed by atoms with Crippen molar-refractivity contribution < 1.29 is 9.47 Å². The van der Waals surface area contributed by atoms with Crippen LogP contribution in [0.5, 0.6) is 0 Å². The monoisotopic (exact) mass is 254 g/mol. The zero-order valence-electron chi connectivity index (χ0n) is 10.8. The van der Waals surface area contributed by atoms with Crippen LogP contribution in [0.4, 0.5) is 17.3 Å².